The van der Waals surface area contributed by atoms with Crippen LogP contribution < -0.4 is 4.90 Å². The Hall–Kier alpha value is -1.95. The highest BCUT2D eigenvalue weighted by atomic mass is 79.9. The lowest BCUT2D eigenvalue weighted by atomic mass is 9.96. The van der Waals surface area contributed by atoms with E-state index in [-0.39, 0.29) is 0 Å². The number of rotatable bonds is 3. The van der Waals surface area contributed by atoms with Crippen LogP contribution in [0.4, 0.5) is 5.95 Å². The molecule has 24 heavy (non-hydrogen) atoms. The zero-order valence-electron chi connectivity index (χ0n) is 13.7. The van der Waals surface area contributed by atoms with Gasteiger partial charge in [0.25, 0.3) is 0 Å². The van der Waals surface area contributed by atoms with Crippen LogP contribution >= 0.6 is 15.9 Å². The minimum Gasteiger partial charge on any atom is -0.342 e. The molecule has 5 nitrogen and oxygen atoms in total. The Bertz CT molecular complexity index is 834. The highest BCUT2D eigenvalue weighted by molar-refractivity contribution is 9.10. The highest BCUT2D eigenvalue weighted by Crippen LogP contribution is 2.29. The molecule has 0 aliphatic carbocycles. The number of halogens is 1. The third kappa shape index (κ3) is 3.02. The van der Waals surface area contributed by atoms with Crippen molar-refractivity contribution in [3.05, 3.63) is 46.5 Å². The molecule has 0 amide bonds. The van der Waals surface area contributed by atoms with Gasteiger partial charge >= 0.3 is 0 Å². The van der Waals surface area contributed by atoms with Crippen LogP contribution in [0.2, 0.25) is 0 Å². The summed E-state index contributed by atoms with van der Waals surface area (Å²) in [7, 11) is 0. The molecule has 6 heteroatoms. The monoisotopic (exact) mass is 385 g/mol. The van der Waals surface area contributed by atoms with Gasteiger partial charge in [-0.25, -0.2) is 15.0 Å². The Morgan fingerprint density at radius 2 is 1.96 bits per heavy atom. The van der Waals surface area contributed by atoms with Crippen molar-refractivity contribution in [2.24, 2.45) is 0 Å². The molecule has 1 saturated heterocycles. The first-order valence-electron chi connectivity index (χ1n) is 8.44. The van der Waals surface area contributed by atoms with Gasteiger partial charge in [0.05, 0.1) is 11.0 Å². The first-order chi connectivity index (χ1) is 11.7. The Morgan fingerprint density at radius 1 is 1.21 bits per heavy atom. The maximum atomic E-state index is 4.77. The number of aryl methyl sites for hydroxylation is 1. The number of benzene rings is 1. The summed E-state index contributed by atoms with van der Waals surface area (Å²) in [5, 5.41) is 0. The predicted molar refractivity (Wildman–Crippen MR) is 99.4 cm³/mol. The summed E-state index contributed by atoms with van der Waals surface area (Å²) < 4.78 is 1.08. The van der Waals surface area contributed by atoms with Gasteiger partial charge in [-0.05, 0) is 43.0 Å². The second-order valence-electron chi connectivity index (χ2n) is 6.29. The van der Waals surface area contributed by atoms with Crippen LogP contribution in [0.25, 0.3) is 11.0 Å². The Labute approximate surface area is 149 Å². The molecule has 0 spiro atoms. The lowest BCUT2D eigenvalue weighted by Crippen LogP contribution is -2.34. The number of fused-ring (bicyclic) bond motifs is 1. The van der Waals surface area contributed by atoms with Gasteiger partial charge in [0.2, 0.25) is 5.95 Å². The lowest BCUT2D eigenvalue weighted by molar-refractivity contribution is 0.484. The maximum Gasteiger partial charge on any atom is 0.225 e. The van der Waals surface area contributed by atoms with E-state index in [1.54, 1.807) is 0 Å². The SMILES string of the molecule is CCc1cnc(N2CCC(c3nc4ccc(Br)cc4[nH]3)CC2)nc1. The van der Waals surface area contributed by atoms with Crippen LogP contribution in [0.1, 0.15) is 37.1 Å². The number of nitrogens with one attached hydrogen (secondary N) is 1. The molecule has 0 atom stereocenters. The predicted octanol–water partition coefficient (Wildman–Crippen LogP) is 4.06. The van der Waals surface area contributed by atoms with Crippen molar-refractivity contribution in [2.75, 3.05) is 18.0 Å². The van der Waals surface area contributed by atoms with E-state index in [1.807, 2.05) is 18.5 Å². The molecule has 3 heterocycles. The number of aromatic amines is 1. The molecule has 0 bridgehead atoms. The van der Waals surface area contributed by atoms with E-state index in [4.69, 9.17) is 4.98 Å². The van der Waals surface area contributed by atoms with Crippen molar-refractivity contribution >= 4 is 32.9 Å². The standard InChI is InChI=1S/C18H20BrN5/c1-2-12-10-20-18(21-11-12)24-7-5-13(6-8-24)17-22-15-4-3-14(19)9-16(15)23-17/h3-4,9-11,13H,2,5-8H2,1H3,(H,22,23). The Morgan fingerprint density at radius 3 is 2.67 bits per heavy atom. The van der Waals surface area contributed by atoms with Crippen LogP contribution in [-0.2, 0) is 6.42 Å². The van der Waals surface area contributed by atoms with E-state index in [9.17, 15) is 0 Å². The number of imidazole rings is 1. The zero-order chi connectivity index (χ0) is 16.5. The van der Waals surface area contributed by atoms with Gasteiger partial charge in [-0.1, -0.05) is 22.9 Å². The number of piperidine rings is 1. The summed E-state index contributed by atoms with van der Waals surface area (Å²) in [6.45, 7) is 4.06. The third-order valence-corrected chi connectivity index (χ3v) is 5.22. The molecule has 0 unspecified atom stereocenters. The Balaban J connectivity index is 1.46. The van der Waals surface area contributed by atoms with Crippen LogP contribution in [0.5, 0.6) is 0 Å². The van der Waals surface area contributed by atoms with Crippen molar-refractivity contribution in [3.63, 3.8) is 0 Å². The molecule has 4 rings (SSSR count). The minimum absolute atomic E-state index is 0.474. The van der Waals surface area contributed by atoms with Crippen molar-refractivity contribution < 1.29 is 0 Å². The molecule has 1 fully saturated rings. The zero-order valence-corrected chi connectivity index (χ0v) is 15.3. The molecule has 1 aliphatic heterocycles. The average molecular weight is 386 g/mol. The van der Waals surface area contributed by atoms with Gasteiger partial charge in [0.1, 0.15) is 5.82 Å². The summed E-state index contributed by atoms with van der Waals surface area (Å²) in [4.78, 5) is 19.5. The van der Waals surface area contributed by atoms with E-state index < -0.39 is 0 Å². The van der Waals surface area contributed by atoms with Gasteiger partial charge in [0.15, 0.2) is 0 Å². The average Bonchev–Trinajstić information content (AvgIpc) is 3.05. The van der Waals surface area contributed by atoms with E-state index in [2.05, 4.69) is 54.8 Å². The van der Waals surface area contributed by atoms with E-state index in [0.717, 1.165) is 59.6 Å². The summed E-state index contributed by atoms with van der Waals surface area (Å²) in [5.74, 6) is 2.42. The number of nitrogens with zero attached hydrogens (tertiary/aromatic N) is 4. The minimum atomic E-state index is 0.474. The molecular weight excluding hydrogens is 366 g/mol. The molecule has 1 N–H and O–H groups in total. The molecule has 0 saturated carbocycles. The van der Waals surface area contributed by atoms with Crippen LogP contribution in [0.15, 0.2) is 35.1 Å². The topological polar surface area (TPSA) is 57.7 Å². The summed E-state index contributed by atoms with van der Waals surface area (Å²) >= 11 is 3.51. The quantitative estimate of drug-likeness (QED) is 0.738. The van der Waals surface area contributed by atoms with Crippen LogP contribution in [-0.4, -0.2) is 33.0 Å². The number of hydrogen-bond acceptors (Lipinski definition) is 4. The fourth-order valence-corrected chi connectivity index (χ4v) is 3.60. The van der Waals surface area contributed by atoms with Gasteiger partial charge in [-0.2, -0.15) is 0 Å². The number of anilines is 1. The highest BCUT2D eigenvalue weighted by Gasteiger charge is 2.24. The molecule has 2 aromatic heterocycles. The van der Waals surface area contributed by atoms with Gasteiger partial charge in [0, 0.05) is 35.9 Å². The fourth-order valence-electron chi connectivity index (χ4n) is 3.24. The summed E-state index contributed by atoms with van der Waals surface area (Å²) in [6.07, 6.45) is 6.99. The van der Waals surface area contributed by atoms with Crippen molar-refractivity contribution in [2.45, 2.75) is 32.1 Å². The second kappa shape index (κ2) is 6.51. The lowest BCUT2D eigenvalue weighted by Gasteiger charge is -2.31. The molecule has 3 aromatic rings. The van der Waals surface area contributed by atoms with Crippen molar-refractivity contribution in [3.8, 4) is 0 Å². The van der Waals surface area contributed by atoms with Gasteiger partial charge in [-0.3, -0.25) is 0 Å². The van der Waals surface area contributed by atoms with Crippen molar-refractivity contribution in [1.82, 2.24) is 19.9 Å². The van der Waals surface area contributed by atoms with Crippen LogP contribution in [0, 0.1) is 0 Å². The maximum absolute atomic E-state index is 4.77. The molecular formula is C18H20BrN5. The van der Waals surface area contributed by atoms with E-state index >= 15 is 0 Å². The first-order valence-corrected chi connectivity index (χ1v) is 9.23. The smallest absolute Gasteiger partial charge is 0.225 e. The van der Waals surface area contributed by atoms with Crippen molar-refractivity contribution in [1.29, 1.82) is 0 Å². The number of aromatic nitrogens is 4. The molecule has 1 aliphatic rings. The number of H-pyrrole nitrogens is 1. The summed E-state index contributed by atoms with van der Waals surface area (Å²) in [5.41, 5.74) is 3.32. The van der Waals surface area contributed by atoms with Gasteiger partial charge < -0.3 is 9.88 Å². The van der Waals surface area contributed by atoms with Gasteiger partial charge in [-0.15, -0.1) is 0 Å². The first kappa shape index (κ1) is 15.6. The molecule has 1 aromatic carbocycles. The Kier molecular flexibility index (Phi) is 4.22. The molecule has 0 radical (unpaired) electrons. The number of hydrogen-bond donors (Lipinski definition) is 1. The fraction of sp³-hybridized carbons (Fsp3) is 0.389. The van der Waals surface area contributed by atoms with Crippen LogP contribution in [0.3, 0.4) is 0 Å². The van der Waals surface area contributed by atoms with E-state index in [0.29, 0.717) is 5.92 Å². The van der Waals surface area contributed by atoms with E-state index in [1.165, 1.54) is 5.56 Å². The summed E-state index contributed by atoms with van der Waals surface area (Å²) in [6, 6.07) is 6.18. The normalized spacial score (nSPS) is 16.0. The third-order valence-electron chi connectivity index (χ3n) is 4.73. The second-order valence-corrected chi connectivity index (χ2v) is 7.21. The molecule has 124 valence electrons. The largest absolute Gasteiger partial charge is 0.342 e.